The number of nitrogens with zero attached hydrogens (tertiary/aromatic N) is 2. The lowest BCUT2D eigenvalue weighted by Gasteiger charge is -2.22. The van der Waals surface area contributed by atoms with Crippen molar-refractivity contribution in [2.75, 3.05) is 25.1 Å². The number of halogens is 1. The van der Waals surface area contributed by atoms with Gasteiger partial charge in [0.15, 0.2) is 6.61 Å². The van der Waals surface area contributed by atoms with E-state index in [1.54, 1.807) is 24.3 Å². The van der Waals surface area contributed by atoms with Gasteiger partial charge in [0.05, 0.1) is 13.2 Å². The van der Waals surface area contributed by atoms with Crippen molar-refractivity contribution in [2.24, 2.45) is 0 Å². The first kappa shape index (κ1) is 18.6. The smallest absolute Gasteiger partial charge is 0.243 e. The van der Waals surface area contributed by atoms with Crippen LogP contribution in [0.4, 0.5) is 5.69 Å². The third-order valence-electron chi connectivity index (χ3n) is 4.14. The summed E-state index contributed by atoms with van der Waals surface area (Å²) < 4.78 is 16.1. The Balaban J connectivity index is 0.00000196. The lowest BCUT2D eigenvalue weighted by molar-refractivity contribution is -0.120. The number of amides is 1. The molecule has 140 valence electrons. The van der Waals surface area contributed by atoms with Crippen molar-refractivity contribution in [1.29, 1.82) is 0 Å². The van der Waals surface area contributed by atoms with Gasteiger partial charge in [0, 0.05) is 18.2 Å². The molecular weight excluding hydrogens is 360 g/mol. The molecule has 1 amide bonds. The molecule has 1 aliphatic carbocycles. The van der Waals surface area contributed by atoms with E-state index in [4.69, 9.17) is 14.0 Å². The summed E-state index contributed by atoms with van der Waals surface area (Å²) in [5.74, 6) is 2.26. The van der Waals surface area contributed by atoms with Crippen LogP contribution in [0, 0.1) is 0 Å². The average Bonchev–Trinajstić information content (AvgIpc) is 3.40. The summed E-state index contributed by atoms with van der Waals surface area (Å²) in [4.78, 5) is 16.4. The number of morpholine rings is 1. The first-order valence-corrected chi connectivity index (χ1v) is 8.45. The summed E-state index contributed by atoms with van der Waals surface area (Å²) in [7, 11) is 0. The molecule has 2 aromatic rings. The lowest BCUT2D eigenvalue weighted by atomic mass is 10.2. The molecule has 1 unspecified atom stereocenters. The second-order valence-electron chi connectivity index (χ2n) is 6.21. The maximum atomic E-state index is 12.1. The fourth-order valence-electron chi connectivity index (χ4n) is 2.57. The molecule has 1 aliphatic heterocycles. The molecular formula is C17H21ClN4O4. The molecule has 8 nitrogen and oxygen atoms in total. The number of hydrogen-bond acceptors (Lipinski definition) is 7. The molecule has 1 saturated heterocycles. The Morgan fingerprint density at radius 2 is 2.12 bits per heavy atom. The minimum atomic E-state index is -0.316. The van der Waals surface area contributed by atoms with E-state index in [1.165, 1.54) is 0 Å². The van der Waals surface area contributed by atoms with Gasteiger partial charge in [-0.25, -0.2) is 0 Å². The summed E-state index contributed by atoms with van der Waals surface area (Å²) in [5, 5.41) is 9.89. The van der Waals surface area contributed by atoms with Crippen LogP contribution in [0.1, 0.15) is 30.5 Å². The third-order valence-corrected chi connectivity index (χ3v) is 4.14. The minimum absolute atomic E-state index is 0. The molecule has 0 bridgehead atoms. The zero-order chi connectivity index (χ0) is 17.1. The molecule has 1 aromatic heterocycles. The summed E-state index contributed by atoms with van der Waals surface area (Å²) in [6, 6.07) is 6.86. The first-order valence-electron chi connectivity index (χ1n) is 8.45. The van der Waals surface area contributed by atoms with Crippen LogP contribution in [0.25, 0.3) is 0 Å². The van der Waals surface area contributed by atoms with Crippen LogP contribution in [-0.2, 0) is 16.1 Å². The maximum Gasteiger partial charge on any atom is 0.243 e. The summed E-state index contributed by atoms with van der Waals surface area (Å²) in [6.07, 6.45) is 2.25. The highest BCUT2D eigenvalue weighted by Crippen LogP contribution is 2.38. The molecule has 4 rings (SSSR count). The van der Waals surface area contributed by atoms with Crippen molar-refractivity contribution in [2.45, 2.75) is 31.4 Å². The largest absolute Gasteiger partial charge is 0.485 e. The van der Waals surface area contributed by atoms with Crippen molar-refractivity contribution >= 4 is 24.0 Å². The number of hydrogen-bond donors (Lipinski definition) is 2. The van der Waals surface area contributed by atoms with Gasteiger partial charge in [-0.3, -0.25) is 4.79 Å². The fourth-order valence-corrected chi connectivity index (χ4v) is 2.57. The predicted molar refractivity (Wildman–Crippen MR) is 95.5 cm³/mol. The standard InChI is InChI=1S/C17H20N4O4.ClH/c22-16(14-9-23-8-7-18-14)19-12-3-5-13(6-4-12)24-10-15-20-17(25-21-15)11-1-2-11;/h3-6,11,14,18H,1-2,7-10H2,(H,19,22);1H. The SMILES string of the molecule is Cl.O=C(Nc1ccc(OCc2noc(C3CC3)n2)cc1)C1COCCN1. The van der Waals surface area contributed by atoms with E-state index in [1.807, 2.05) is 0 Å². The van der Waals surface area contributed by atoms with Crippen LogP contribution in [0.5, 0.6) is 5.75 Å². The second kappa shape index (κ2) is 8.48. The summed E-state index contributed by atoms with van der Waals surface area (Å²) in [5.41, 5.74) is 0.709. The van der Waals surface area contributed by atoms with E-state index in [2.05, 4.69) is 20.8 Å². The van der Waals surface area contributed by atoms with Gasteiger partial charge in [-0.2, -0.15) is 4.98 Å². The van der Waals surface area contributed by atoms with E-state index < -0.39 is 0 Å². The molecule has 1 aromatic carbocycles. The van der Waals surface area contributed by atoms with Gasteiger partial charge in [0.1, 0.15) is 11.8 Å². The number of carbonyl (C=O) groups is 1. The predicted octanol–water partition coefficient (Wildman–Crippen LogP) is 1.87. The highest BCUT2D eigenvalue weighted by molar-refractivity contribution is 5.95. The number of carbonyl (C=O) groups excluding carboxylic acids is 1. The second-order valence-corrected chi connectivity index (χ2v) is 6.21. The summed E-state index contributed by atoms with van der Waals surface area (Å²) in [6.45, 7) is 1.97. The van der Waals surface area contributed by atoms with E-state index in [0.717, 1.165) is 12.8 Å². The molecule has 2 heterocycles. The van der Waals surface area contributed by atoms with Crippen LogP contribution >= 0.6 is 12.4 Å². The molecule has 9 heteroatoms. The molecule has 2 fully saturated rings. The van der Waals surface area contributed by atoms with Gasteiger partial charge in [0.2, 0.25) is 17.6 Å². The number of anilines is 1. The van der Waals surface area contributed by atoms with E-state index in [0.29, 0.717) is 48.8 Å². The Hall–Kier alpha value is -2.16. The van der Waals surface area contributed by atoms with Crippen LogP contribution < -0.4 is 15.4 Å². The monoisotopic (exact) mass is 380 g/mol. The van der Waals surface area contributed by atoms with E-state index in [9.17, 15) is 4.79 Å². The van der Waals surface area contributed by atoms with Gasteiger partial charge in [0.25, 0.3) is 0 Å². The van der Waals surface area contributed by atoms with Crippen molar-refractivity contribution in [3.8, 4) is 5.75 Å². The quantitative estimate of drug-likeness (QED) is 0.789. The average molecular weight is 381 g/mol. The zero-order valence-corrected chi connectivity index (χ0v) is 15.0. The maximum absolute atomic E-state index is 12.1. The Morgan fingerprint density at radius 3 is 2.81 bits per heavy atom. The van der Waals surface area contributed by atoms with Gasteiger partial charge in [-0.15, -0.1) is 12.4 Å². The van der Waals surface area contributed by atoms with Gasteiger partial charge >= 0.3 is 0 Å². The molecule has 2 N–H and O–H groups in total. The summed E-state index contributed by atoms with van der Waals surface area (Å²) >= 11 is 0. The molecule has 1 atom stereocenters. The molecule has 1 saturated carbocycles. The Morgan fingerprint density at radius 1 is 1.31 bits per heavy atom. The number of benzene rings is 1. The van der Waals surface area contributed by atoms with Crippen molar-refractivity contribution in [1.82, 2.24) is 15.5 Å². The van der Waals surface area contributed by atoms with Crippen LogP contribution in [0.2, 0.25) is 0 Å². The van der Waals surface area contributed by atoms with E-state index in [-0.39, 0.29) is 31.0 Å². The van der Waals surface area contributed by atoms with Crippen molar-refractivity contribution < 1.29 is 18.8 Å². The van der Waals surface area contributed by atoms with Gasteiger partial charge in [-0.05, 0) is 37.1 Å². The number of rotatable bonds is 6. The van der Waals surface area contributed by atoms with Crippen LogP contribution in [-0.4, -0.2) is 41.8 Å². The number of aromatic nitrogens is 2. The molecule has 2 aliphatic rings. The van der Waals surface area contributed by atoms with E-state index >= 15 is 0 Å². The Kier molecular flexibility index (Phi) is 6.08. The molecule has 26 heavy (non-hydrogen) atoms. The van der Waals surface area contributed by atoms with Gasteiger partial charge < -0.3 is 24.6 Å². The van der Waals surface area contributed by atoms with Crippen LogP contribution in [0.15, 0.2) is 28.8 Å². The molecule has 0 spiro atoms. The Bertz CT molecular complexity index is 727. The zero-order valence-electron chi connectivity index (χ0n) is 14.1. The Labute approximate surface area is 157 Å². The minimum Gasteiger partial charge on any atom is -0.485 e. The lowest BCUT2D eigenvalue weighted by Crippen LogP contribution is -2.48. The number of nitrogens with one attached hydrogen (secondary N) is 2. The highest BCUT2D eigenvalue weighted by atomic mass is 35.5. The van der Waals surface area contributed by atoms with Gasteiger partial charge in [-0.1, -0.05) is 5.16 Å². The van der Waals surface area contributed by atoms with Crippen molar-refractivity contribution in [3.05, 3.63) is 36.0 Å². The number of ether oxygens (including phenoxy) is 2. The highest BCUT2D eigenvalue weighted by Gasteiger charge is 2.29. The van der Waals surface area contributed by atoms with Crippen molar-refractivity contribution in [3.63, 3.8) is 0 Å². The fraction of sp³-hybridized carbons (Fsp3) is 0.471. The topological polar surface area (TPSA) is 98.5 Å². The normalized spacial score (nSPS) is 19.5. The third kappa shape index (κ3) is 4.72. The molecule has 0 radical (unpaired) electrons. The van der Waals surface area contributed by atoms with Crippen LogP contribution in [0.3, 0.4) is 0 Å². The first-order chi connectivity index (χ1) is 12.3.